The Balaban J connectivity index is 2.10. The topological polar surface area (TPSA) is 24.9 Å². The van der Waals surface area contributed by atoms with Gasteiger partial charge in [0.15, 0.2) is 0 Å². The normalized spacial score (nSPS) is 12.6. The molecule has 16 heavy (non-hydrogen) atoms. The maximum atomic E-state index is 4.12. The molecule has 1 unspecified atom stereocenters. The van der Waals surface area contributed by atoms with E-state index in [1.807, 2.05) is 18.8 Å². The molecule has 1 atom stereocenters. The quantitative estimate of drug-likeness (QED) is 0.862. The van der Waals surface area contributed by atoms with E-state index >= 15 is 0 Å². The fraction of sp³-hybridized carbons (Fsp3) is 0.250. The van der Waals surface area contributed by atoms with Crippen LogP contribution < -0.4 is 5.32 Å². The average Bonchev–Trinajstić information content (AvgIpc) is 2.82. The maximum absolute atomic E-state index is 4.12. The van der Waals surface area contributed by atoms with Gasteiger partial charge in [-0.05, 0) is 53.8 Å². The van der Waals surface area contributed by atoms with Gasteiger partial charge in [0, 0.05) is 20.7 Å². The van der Waals surface area contributed by atoms with Crippen LogP contribution in [0.25, 0.3) is 0 Å². The van der Waals surface area contributed by atoms with E-state index in [9.17, 15) is 0 Å². The first-order chi connectivity index (χ1) is 7.79. The van der Waals surface area contributed by atoms with Crippen molar-refractivity contribution in [3.8, 4) is 0 Å². The summed E-state index contributed by atoms with van der Waals surface area (Å²) in [4.78, 5) is 5.42. The van der Waals surface area contributed by atoms with Crippen molar-refractivity contribution in [3.05, 3.63) is 50.0 Å². The molecule has 0 fully saturated rings. The summed E-state index contributed by atoms with van der Waals surface area (Å²) in [5.41, 5.74) is 3.24. The lowest BCUT2D eigenvalue weighted by molar-refractivity contribution is 0.601. The van der Waals surface area contributed by atoms with Crippen molar-refractivity contribution in [2.24, 2.45) is 0 Å². The highest BCUT2D eigenvalue weighted by molar-refractivity contribution is 14.1. The smallest absolute Gasteiger partial charge is 0.0794 e. The summed E-state index contributed by atoms with van der Waals surface area (Å²) in [6.45, 7) is 0. The monoisotopic (exact) mass is 344 g/mol. The molecular formula is C12H13IN2S. The molecule has 0 radical (unpaired) electrons. The van der Waals surface area contributed by atoms with Crippen LogP contribution in [-0.2, 0) is 6.42 Å². The van der Waals surface area contributed by atoms with Crippen LogP contribution in [0.5, 0.6) is 0 Å². The van der Waals surface area contributed by atoms with Gasteiger partial charge < -0.3 is 5.32 Å². The van der Waals surface area contributed by atoms with Crippen molar-refractivity contribution in [1.82, 2.24) is 10.3 Å². The Kier molecular flexibility index (Phi) is 4.31. The van der Waals surface area contributed by atoms with Crippen LogP contribution in [-0.4, -0.2) is 12.0 Å². The van der Waals surface area contributed by atoms with Gasteiger partial charge >= 0.3 is 0 Å². The zero-order valence-corrected chi connectivity index (χ0v) is 12.0. The van der Waals surface area contributed by atoms with Crippen LogP contribution in [0, 0.1) is 3.57 Å². The third-order valence-corrected chi connectivity index (χ3v) is 4.10. The first-order valence-corrected chi connectivity index (χ1v) is 7.05. The van der Waals surface area contributed by atoms with E-state index in [1.165, 1.54) is 14.0 Å². The molecule has 2 nitrogen and oxygen atoms in total. The molecule has 2 rings (SSSR count). The molecule has 0 aliphatic heterocycles. The molecule has 0 amide bonds. The highest BCUT2D eigenvalue weighted by atomic mass is 127. The van der Waals surface area contributed by atoms with Crippen LogP contribution in [0.15, 0.2) is 36.0 Å². The molecular weight excluding hydrogens is 331 g/mol. The second-order valence-corrected chi connectivity index (χ2v) is 5.74. The summed E-state index contributed by atoms with van der Waals surface area (Å²) < 4.78 is 1.28. The first-order valence-electron chi connectivity index (χ1n) is 5.09. The minimum atomic E-state index is 0.368. The highest BCUT2D eigenvalue weighted by Gasteiger charge is 2.11. The van der Waals surface area contributed by atoms with E-state index in [4.69, 9.17) is 0 Å². The van der Waals surface area contributed by atoms with E-state index in [2.05, 4.69) is 57.2 Å². The Morgan fingerprint density at radius 3 is 2.69 bits per heavy atom. The SMILES string of the molecule is CNC(Cc1ccc(I)cc1)c1cncs1. The van der Waals surface area contributed by atoms with Crippen molar-refractivity contribution < 1.29 is 0 Å². The van der Waals surface area contributed by atoms with Crippen molar-refractivity contribution in [2.75, 3.05) is 7.05 Å². The Labute approximate surface area is 113 Å². The summed E-state index contributed by atoms with van der Waals surface area (Å²) in [6.07, 6.45) is 2.95. The lowest BCUT2D eigenvalue weighted by Gasteiger charge is -2.13. The number of likely N-dealkylation sites (N-methyl/N-ethyl adjacent to an activating group) is 1. The number of thiazole rings is 1. The Hall–Kier alpha value is -0.460. The van der Waals surface area contributed by atoms with Gasteiger partial charge in [0.25, 0.3) is 0 Å². The van der Waals surface area contributed by atoms with Crippen LogP contribution in [0.4, 0.5) is 0 Å². The van der Waals surface area contributed by atoms with Crippen molar-refractivity contribution in [1.29, 1.82) is 0 Å². The van der Waals surface area contributed by atoms with E-state index < -0.39 is 0 Å². The predicted molar refractivity (Wildman–Crippen MR) is 76.8 cm³/mol. The molecule has 1 aromatic carbocycles. The van der Waals surface area contributed by atoms with Gasteiger partial charge in [-0.15, -0.1) is 11.3 Å². The van der Waals surface area contributed by atoms with Crippen molar-refractivity contribution in [2.45, 2.75) is 12.5 Å². The maximum Gasteiger partial charge on any atom is 0.0794 e. The van der Waals surface area contributed by atoms with Crippen molar-refractivity contribution in [3.63, 3.8) is 0 Å². The largest absolute Gasteiger partial charge is 0.312 e. The minimum absolute atomic E-state index is 0.368. The number of aromatic nitrogens is 1. The zero-order chi connectivity index (χ0) is 11.4. The third-order valence-electron chi connectivity index (χ3n) is 2.50. The van der Waals surface area contributed by atoms with E-state index in [1.54, 1.807) is 11.3 Å². The van der Waals surface area contributed by atoms with Gasteiger partial charge in [0.2, 0.25) is 0 Å². The second-order valence-electron chi connectivity index (χ2n) is 3.58. The number of benzene rings is 1. The lowest BCUT2D eigenvalue weighted by atomic mass is 10.1. The Morgan fingerprint density at radius 1 is 1.38 bits per heavy atom. The van der Waals surface area contributed by atoms with Gasteiger partial charge in [-0.2, -0.15) is 0 Å². The van der Waals surface area contributed by atoms with Gasteiger partial charge in [0.05, 0.1) is 5.51 Å². The Bertz CT molecular complexity index is 425. The Morgan fingerprint density at radius 2 is 2.12 bits per heavy atom. The summed E-state index contributed by atoms with van der Waals surface area (Å²) >= 11 is 4.03. The van der Waals surface area contributed by atoms with Gasteiger partial charge in [0.1, 0.15) is 0 Å². The standard InChI is InChI=1S/C12H13IN2S/c1-14-11(12-7-15-8-16-12)6-9-2-4-10(13)5-3-9/h2-5,7-8,11,14H,6H2,1H3. The summed E-state index contributed by atoms with van der Waals surface area (Å²) in [5.74, 6) is 0. The number of hydrogen-bond acceptors (Lipinski definition) is 3. The summed E-state index contributed by atoms with van der Waals surface area (Å²) in [5, 5.41) is 3.34. The molecule has 1 heterocycles. The van der Waals surface area contributed by atoms with E-state index in [0.717, 1.165) is 6.42 Å². The average molecular weight is 344 g/mol. The van der Waals surface area contributed by atoms with Crippen molar-refractivity contribution >= 4 is 33.9 Å². The molecule has 1 aromatic heterocycles. The highest BCUT2D eigenvalue weighted by Crippen LogP contribution is 2.21. The van der Waals surface area contributed by atoms with Gasteiger partial charge in [-0.1, -0.05) is 12.1 Å². The molecule has 0 aliphatic carbocycles. The summed E-state index contributed by atoms with van der Waals surface area (Å²) in [6, 6.07) is 9.04. The number of rotatable bonds is 4. The molecule has 84 valence electrons. The van der Waals surface area contributed by atoms with Crippen LogP contribution in [0.3, 0.4) is 0 Å². The molecule has 0 aliphatic rings. The number of halogens is 1. The number of hydrogen-bond donors (Lipinski definition) is 1. The molecule has 2 aromatic rings. The summed E-state index contributed by atoms with van der Waals surface area (Å²) in [7, 11) is 2.00. The minimum Gasteiger partial charge on any atom is -0.312 e. The third kappa shape index (κ3) is 3.02. The number of nitrogens with one attached hydrogen (secondary N) is 1. The van der Waals surface area contributed by atoms with E-state index in [0.29, 0.717) is 6.04 Å². The van der Waals surface area contributed by atoms with Crippen LogP contribution in [0.2, 0.25) is 0 Å². The fourth-order valence-electron chi connectivity index (χ4n) is 1.60. The molecule has 1 N–H and O–H groups in total. The van der Waals surface area contributed by atoms with E-state index in [-0.39, 0.29) is 0 Å². The van der Waals surface area contributed by atoms with Crippen LogP contribution in [0.1, 0.15) is 16.5 Å². The second kappa shape index (κ2) is 5.75. The molecule has 0 bridgehead atoms. The zero-order valence-electron chi connectivity index (χ0n) is 8.98. The fourth-order valence-corrected chi connectivity index (χ4v) is 2.69. The molecule has 0 saturated heterocycles. The predicted octanol–water partition coefficient (Wildman–Crippen LogP) is 3.25. The first kappa shape index (κ1) is 12.0. The molecule has 4 heteroatoms. The van der Waals surface area contributed by atoms with Gasteiger partial charge in [-0.25, -0.2) is 0 Å². The molecule has 0 saturated carbocycles. The van der Waals surface area contributed by atoms with Gasteiger partial charge in [-0.3, -0.25) is 4.98 Å². The van der Waals surface area contributed by atoms with Crippen LogP contribution >= 0.6 is 33.9 Å². The number of nitrogens with zero attached hydrogens (tertiary/aromatic N) is 1. The molecule has 0 spiro atoms. The lowest BCUT2D eigenvalue weighted by Crippen LogP contribution is -2.17.